The second-order valence-corrected chi connectivity index (χ2v) is 6.98. The lowest BCUT2D eigenvalue weighted by Gasteiger charge is -2.05. The molecule has 1 N–H and O–H groups in total. The van der Waals surface area contributed by atoms with Gasteiger partial charge in [0.2, 0.25) is 5.91 Å². The minimum Gasteiger partial charge on any atom is -0.456 e. The molecule has 1 amide bonds. The quantitative estimate of drug-likeness (QED) is 0.667. The molecule has 128 valence electrons. The molecule has 0 fully saturated rings. The van der Waals surface area contributed by atoms with Gasteiger partial charge in [-0.2, -0.15) is 11.3 Å². The molecule has 1 aromatic carbocycles. The van der Waals surface area contributed by atoms with E-state index in [0.717, 1.165) is 21.8 Å². The van der Waals surface area contributed by atoms with Crippen LogP contribution in [0.1, 0.15) is 28.5 Å². The zero-order chi connectivity index (χ0) is 17.6. The van der Waals surface area contributed by atoms with Crippen molar-refractivity contribution in [1.82, 2.24) is 10.3 Å². The first kappa shape index (κ1) is 17.3. The van der Waals surface area contributed by atoms with E-state index in [2.05, 4.69) is 10.3 Å². The summed E-state index contributed by atoms with van der Waals surface area (Å²) in [4.78, 5) is 27.5. The first-order valence-corrected chi connectivity index (χ1v) is 9.41. The van der Waals surface area contributed by atoms with Crippen molar-refractivity contribution in [1.29, 1.82) is 0 Å². The standard InChI is InChI=1S/C18H16N2O3S2/c1-12(21)19-8-13-2-4-14(5-3-13)18(22)23-9-16-11-25-17(20-16)15-6-7-24-10-15/h2-7,10-11H,8-9H2,1H3,(H,19,21). The van der Waals surface area contributed by atoms with Gasteiger partial charge in [-0.25, -0.2) is 9.78 Å². The number of nitrogens with zero attached hydrogens (tertiary/aromatic N) is 1. The number of amides is 1. The van der Waals surface area contributed by atoms with Crippen molar-refractivity contribution in [3.63, 3.8) is 0 Å². The lowest BCUT2D eigenvalue weighted by molar-refractivity contribution is -0.119. The molecule has 0 bridgehead atoms. The van der Waals surface area contributed by atoms with Gasteiger partial charge in [-0.1, -0.05) is 12.1 Å². The molecular formula is C18H16N2O3S2. The van der Waals surface area contributed by atoms with Crippen LogP contribution in [0.2, 0.25) is 0 Å². The third-order valence-corrected chi connectivity index (χ3v) is 5.03. The topological polar surface area (TPSA) is 68.3 Å². The monoisotopic (exact) mass is 372 g/mol. The number of thiazole rings is 1. The lowest BCUT2D eigenvalue weighted by atomic mass is 10.1. The molecule has 5 nitrogen and oxygen atoms in total. The molecular weight excluding hydrogens is 356 g/mol. The third-order valence-electron chi connectivity index (χ3n) is 3.40. The number of ether oxygens (including phenoxy) is 1. The Hall–Kier alpha value is -2.51. The maximum atomic E-state index is 12.1. The van der Waals surface area contributed by atoms with Gasteiger partial charge in [0.1, 0.15) is 11.6 Å². The van der Waals surface area contributed by atoms with Crippen LogP contribution in [-0.4, -0.2) is 16.9 Å². The highest BCUT2D eigenvalue weighted by atomic mass is 32.1. The molecule has 0 atom stereocenters. The molecule has 2 aromatic heterocycles. The largest absolute Gasteiger partial charge is 0.456 e. The summed E-state index contributed by atoms with van der Waals surface area (Å²) in [7, 11) is 0. The van der Waals surface area contributed by atoms with Crippen LogP contribution in [-0.2, 0) is 22.7 Å². The van der Waals surface area contributed by atoms with Crippen LogP contribution in [0.25, 0.3) is 10.6 Å². The molecule has 7 heteroatoms. The molecule has 0 aliphatic carbocycles. The summed E-state index contributed by atoms with van der Waals surface area (Å²) < 4.78 is 5.32. The molecule has 0 aliphatic rings. The van der Waals surface area contributed by atoms with Crippen molar-refractivity contribution >= 4 is 34.6 Å². The van der Waals surface area contributed by atoms with E-state index in [1.165, 1.54) is 18.3 Å². The van der Waals surface area contributed by atoms with Crippen molar-refractivity contribution in [2.75, 3.05) is 0 Å². The fraction of sp³-hybridized carbons (Fsp3) is 0.167. The van der Waals surface area contributed by atoms with Crippen LogP contribution in [0.3, 0.4) is 0 Å². The molecule has 0 radical (unpaired) electrons. The van der Waals surface area contributed by atoms with Crippen LogP contribution in [0.15, 0.2) is 46.5 Å². The number of hydrogen-bond donors (Lipinski definition) is 1. The molecule has 3 rings (SSSR count). The van der Waals surface area contributed by atoms with E-state index in [4.69, 9.17) is 4.74 Å². The first-order valence-electron chi connectivity index (χ1n) is 7.59. The van der Waals surface area contributed by atoms with Crippen molar-refractivity contribution in [2.24, 2.45) is 0 Å². The summed E-state index contributed by atoms with van der Waals surface area (Å²) in [5, 5.41) is 9.58. The van der Waals surface area contributed by atoms with Gasteiger partial charge in [0, 0.05) is 29.8 Å². The Morgan fingerprint density at radius 1 is 1.16 bits per heavy atom. The van der Waals surface area contributed by atoms with Crippen molar-refractivity contribution in [3.8, 4) is 10.6 Å². The lowest BCUT2D eigenvalue weighted by Crippen LogP contribution is -2.18. The molecule has 0 spiro atoms. The van der Waals surface area contributed by atoms with E-state index in [-0.39, 0.29) is 12.5 Å². The Labute approximate surface area is 153 Å². The van der Waals surface area contributed by atoms with Gasteiger partial charge in [0.15, 0.2) is 0 Å². The number of hydrogen-bond acceptors (Lipinski definition) is 6. The molecule has 2 heterocycles. The van der Waals surface area contributed by atoms with Gasteiger partial charge >= 0.3 is 5.97 Å². The van der Waals surface area contributed by atoms with E-state index < -0.39 is 5.97 Å². The second kappa shape index (κ2) is 8.04. The Morgan fingerprint density at radius 3 is 2.64 bits per heavy atom. The number of carbonyl (C=O) groups excluding carboxylic acids is 2. The molecule has 0 aliphatic heterocycles. The summed E-state index contributed by atoms with van der Waals surface area (Å²) >= 11 is 3.16. The highest BCUT2D eigenvalue weighted by molar-refractivity contribution is 7.14. The summed E-state index contributed by atoms with van der Waals surface area (Å²) in [5.41, 5.74) is 3.22. The van der Waals surface area contributed by atoms with Crippen LogP contribution in [0.5, 0.6) is 0 Å². The number of nitrogens with one attached hydrogen (secondary N) is 1. The highest BCUT2D eigenvalue weighted by Crippen LogP contribution is 2.26. The SMILES string of the molecule is CC(=O)NCc1ccc(C(=O)OCc2csc(-c3ccsc3)n2)cc1. The smallest absolute Gasteiger partial charge is 0.338 e. The third kappa shape index (κ3) is 4.74. The predicted molar refractivity (Wildman–Crippen MR) is 98.5 cm³/mol. The number of carbonyl (C=O) groups is 2. The maximum Gasteiger partial charge on any atom is 0.338 e. The van der Waals surface area contributed by atoms with Gasteiger partial charge in [0.05, 0.1) is 11.3 Å². The summed E-state index contributed by atoms with van der Waals surface area (Å²) in [5.74, 6) is -0.482. The number of benzene rings is 1. The summed E-state index contributed by atoms with van der Waals surface area (Å²) in [6.07, 6.45) is 0. The molecule has 0 unspecified atom stereocenters. The first-order chi connectivity index (χ1) is 12.1. The number of thiophene rings is 1. The number of aromatic nitrogens is 1. The minimum absolute atomic E-state index is 0.0893. The van der Waals surface area contributed by atoms with E-state index >= 15 is 0 Å². The van der Waals surface area contributed by atoms with Crippen molar-refractivity contribution in [2.45, 2.75) is 20.1 Å². The van der Waals surface area contributed by atoms with E-state index in [1.54, 1.807) is 35.6 Å². The van der Waals surface area contributed by atoms with E-state index in [9.17, 15) is 9.59 Å². The molecule has 0 saturated heterocycles. The van der Waals surface area contributed by atoms with Gasteiger partial charge in [-0.3, -0.25) is 4.79 Å². The average molecular weight is 372 g/mol. The normalized spacial score (nSPS) is 10.4. The Morgan fingerprint density at radius 2 is 1.96 bits per heavy atom. The fourth-order valence-electron chi connectivity index (χ4n) is 2.10. The average Bonchev–Trinajstić information content (AvgIpc) is 3.29. The molecule has 3 aromatic rings. The van der Waals surface area contributed by atoms with Gasteiger partial charge in [-0.05, 0) is 29.1 Å². The Bertz CT molecular complexity index is 855. The van der Waals surface area contributed by atoms with Gasteiger partial charge < -0.3 is 10.1 Å². The van der Waals surface area contributed by atoms with E-state index in [0.29, 0.717) is 12.1 Å². The Kier molecular flexibility index (Phi) is 5.57. The molecule has 0 saturated carbocycles. The number of rotatable bonds is 6. The minimum atomic E-state index is -0.392. The Balaban J connectivity index is 1.54. The van der Waals surface area contributed by atoms with Gasteiger partial charge in [-0.15, -0.1) is 11.3 Å². The van der Waals surface area contributed by atoms with Crippen LogP contribution in [0.4, 0.5) is 0 Å². The predicted octanol–water partition coefficient (Wildman–Crippen LogP) is 3.86. The van der Waals surface area contributed by atoms with E-state index in [1.807, 2.05) is 22.2 Å². The summed E-state index contributed by atoms with van der Waals surface area (Å²) in [6.45, 7) is 2.05. The van der Waals surface area contributed by atoms with Crippen LogP contribution >= 0.6 is 22.7 Å². The van der Waals surface area contributed by atoms with Crippen LogP contribution in [0, 0.1) is 0 Å². The molecule has 25 heavy (non-hydrogen) atoms. The second-order valence-electron chi connectivity index (χ2n) is 5.34. The number of esters is 1. The zero-order valence-electron chi connectivity index (χ0n) is 13.5. The van der Waals surface area contributed by atoms with Crippen LogP contribution < -0.4 is 5.32 Å². The summed E-state index contributed by atoms with van der Waals surface area (Å²) in [6, 6.07) is 8.99. The van der Waals surface area contributed by atoms with Crippen molar-refractivity contribution < 1.29 is 14.3 Å². The van der Waals surface area contributed by atoms with Gasteiger partial charge in [0.25, 0.3) is 0 Å². The zero-order valence-corrected chi connectivity index (χ0v) is 15.2. The highest BCUT2D eigenvalue weighted by Gasteiger charge is 2.10. The fourth-order valence-corrected chi connectivity index (χ4v) is 3.62. The van der Waals surface area contributed by atoms with Crippen molar-refractivity contribution in [3.05, 3.63) is 63.3 Å². The maximum absolute atomic E-state index is 12.1.